The van der Waals surface area contributed by atoms with Gasteiger partial charge >= 0.3 is 0 Å². The van der Waals surface area contributed by atoms with E-state index in [1.807, 2.05) is 46.4 Å². The molecule has 0 bridgehead atoms. The van der Waals surface area contributed by atoms with Gasteiger partial charge in [0.05, 0.1) is 12.6 Å². The Morgan fingerprint density at radius 3 is 2.73 bits per heavy atom. The summed E-state index contributed by atoms with van der Waals surface area (Å²) in [5.41, 5.74) is 2.25. The summed E-state index contributed by atoms with van der Waals surface area (Å²) in [6, 6.07) is 10.5. The molecule has 1 amide bonds. The van der Waals surface area contributed by atoms with Crippen LogP contribution < -0.4 is 0 Å². The fourth-order valence-corrected chi connectivity index (χ4v) is 3.66. The molecule has 6 nitrogen and oxygen atoms in total. The van der Waals surface area contributed by atoms with Gasteiger partial charge in [-0.15, -0.1) is 0 Å². The van der Waals surface area contributed by atoms with Crippen molar-refractivity contribution in [3.8, 4) is 11.4 Å². The van der Waals surface area contributed by atoms with E-state index in [1.54, 1.807) is 6.20 Å². The van der Waals surface area contributed by atoms with Crippen molar-refractivity contribution in [1.29, 1.82) is 0 Å². The number of amides is 1. The van der Waals surface area contributed by atoms with Crippen molar-refractivity contribution >= 4 is 5.91 Å². The molecule has 1 aromatic carbocycles. The molecule has 1 atom stereocenters. The van der Waals surface area contributed by atoms with E-state index in [9.17, 15) is 4.79 Å². The number of rotatable bonds is 5. The Morgan fingerprint density at radius 1 is 1.15 bits per heavy atom. The topological polar surface area (TPSA) is 56.0 Å². The van der Waals surface area contributed by atoms with Crippen LogP contribution in [0.25, 0.3) is 11.4 Å². The van der Waals surface area contributed by atoms with Crippen molar-refractivity contribution in [2.75, 3.05) is 6.54 Å². The van der Waals surface area contributed by atoms with Gasteiger partial charge in [0.2, 0.25) is 5.91 Å². The molecule has 134 valence electrons. The average Bonchev–Trinajstić information content (AvgIpc) is 3.35. The molecule has 3 heterocycles. The predicted molar refractivity (Wildman–Crippen MR) is 99.5 cm³/mol. The van der Waals surface area contributed by atoms with Gasteiger partial charge in [0, 0.05) is 49.4 Å². The lowest BCUT2D eigenvalue weighted by Gasteiger charge is -2.22. The normalized spacial score (nSPS) is 17.4. The van der Waals surface area contributed by atoms with Crippen LogP contribution in [0.5, 0.6) is 0 Å². The molecule has 1 fully saturated rings. The zero-order valence-corrected chi connectivity index (χ0v) is 15.1. The molecular weight excluding hydrogens is 326 g/mol. The number of carbonyl (C=O) groups excluding carboxylic acids is 1. The van der Waals surface area contributed by atoms with Gasteiger partial charge in [0.15, 0.2) is 0 Å². The smallest absolute Gasteiger partial charge is 0.225 e. The summed E-state index contributed by atoms with van der Waals surface area (Å²) in [5.74, 6) is 1.13. The van der Waals surface area contributed by atoms with Crippen LogP contribution in [0, 0.1) is 0 Å². The number of imidazole rings is 1. The lowest BCUT2D eigenvalue weighted by atomic mass is 10.1. The molecule has 2 aromatic heterocycles. The number of carbonyl (C=O) groups is 1. The maximum absolute atomic E-state index is 12.3. The minimum Gasteiger partial charge on any atom is -0.338 e. The maximum Gasteiger partial charge on any atom is 0.225 e. The Bertz CT molecular complexity index is 897. The summed E-state index contributed by atoms with van der Waals surface area (Å²) >= 11 is 0. The van der Waals surface area contributed by atoms with Gasteiger partial charge in [-0.1, -0.05) is 24.3 Å². The molecule has 0 saturated carbocycles. The Hall–Kier alpha value is -2.89. The van der Waals surface area contributed by atoms with E-state index in [4.69, 9.17) is 0 Å². The predicted octanol–water partition coefficient (Wildman–Crippen LogP) is 2.98. The molecule has 4 rings (SSSR count). The van der Waals surface area contributed by atoms with Crippen LogP contribution in [0.2, 0.25) is 0 Å². The Balaban J connectivity index is 1.67. The zero-order valence-electron chi connectivity index (χ0n) is 15.1. The van der Waals surface area contributed by atoms with Gasteiger partial charge in [0.1, 0.15) is 5.82 Å². The van der Waals surface area contributed by atoms with Crippen LogP contribution in [0.4, 0.5) is 0 Å². The van der Waals surface area contributed by atoms with Gasteiger partial charge in [0.25, 0.3) is 0 Å². The molecular formula is C20H23N5O. The molecule has 1 aliphatic heterocycles. The van der Waals surface area contributed by atoms with E-state index < -0.39 is 0 Å². The van der Waals surface area contributed by atoms with Crippen LogP contribution in [-0.4, -0.2) is 42.7 Å². The van der Waals surface area contributed by atoms with Crippen LogP contribution in [-0.2, 0) is 11.3 Å². The van der Waals surface area contributed by atoms with Gasteiger partial charge in [-0.25, -0.2) is 4.98 Å². The largest absolute Gasteiger partial charge is 0.338 e. The van der Waals surface area contributed by atoms with Crippen molar-refractivity contribution in [2.24, 2.45) is 0 Å². The van der Waals surface area contributed by atoms with Gasteiger partial charge in [-0.05, 0) is 25.5 Å². The zero-order chi connectivity index (χ0) is 18.1. The fraction of sp³-hybridized carbons (Fsp3) is 0.350. The number of hydrogen-bond acceptors (Lipinski definition) is 3. The van der Waals surface area contributed by atoms with E-state index in [0.717, 1.165) is 23.5 Å². The molecule has 1 saturated heterocycles. The van der Waals surface area contributed by atoms with Crippen molar-refractivity contribution < 1.29 is 4.79 Å². The summed E-state index contributed by atoms with van der Waals surface area (Å²) < 4.78 is 4.06. The fourth-order valence-electron chi connectivity index (χ4n) is 3.66. The Labute approximate surface area is 153 Å². The van der Waals surface area contributed by atoms with Gasteiger partial charge < -0.3 is 9.47 Å². The molecule has 6 heteroatoms. The van der Waals surface area contributed by atoms with Crippen LogP contribution in [0.15, 0.2) is 55.1 Å². The quantitative estimate of drug-likeness (QED) is 0.711. The highest BCUT2D eigenvalue weighted by molar-refractivity contribution is 5.79. The van der Waals surface area contributed by atoms with E-state index in [1.165, 1.54) is 0 Å². The van der Waals surface area contributed by atoms with Crippen molar-refractivity contribution in [3.63, 3.8) is 0 Å². The van der Waals surface area contributed by atoms with Crippen molar-refractivity contribution in [2.45, 2.75) is 38.9 Å². The highest BCUT2D eigenvalue weighted by Crippen LogP contribution is 2.31. The standard InChI is InChI=1S/C20H23N5O/c1-15(2)25-14-17(12-19(25)26)24-11-9-21-20(24)18-7-4-3-6-16(18)13-23-10-5-8-22-23/h3-11,15,17H,12-14H2,1-2H3. The Kier molecular flexibility index (Phi) is 4.32. The first-order valence-electron chi connectivity index (χ1n) is 9.01. The number of likely N-dealkylation sites (tertiary alicyclic amines) is 1. The molecule has 0 radical (unpaired) electrons. The molecule has 0 aliphatic carbocycles. The number of nitrogens with zero attached hydrogens (tertiary/aromatic N) is 5. The summed E-state index contributed by atoms with van der Waals surface area (Å²) in [4.78, 5) is 18.9. The molecule has 0 spiro atoms. The third-order valence-corrected chi connectivity index (χ3v) is 4.97. The second kappa shape index (κ2) is 6.78. The lowest BCUT2D eigenvalue weighted by molar-refractivity contribution is -0.129. The number of hydrogen-bond donors (Lipinski definition) is 0. The summed E-state index contributed by atoms with van der Waals surface area (Å²) in [7, 11) is 0. The number of aromatic nitrogens is 4. The third kappa shape index (κ3) is 3.03. The molecule has 3 aromatic rings. The first kappa shape index (κ1) is 16.6. The first-order valence-corrected chi connectivity index (χ1v) is 9.01. The monoisotopic (exact) mass is 349 g/mol. The second-order valence-corrected chi connectivity index (χ2v) is 7.02. The van der Waals surface area contributed by atoms with E-state index in [0.29, 0.717) is 13.0 Å². The molecule has 1 unspecified atom stereocenters. The molecule has 1 aliphatic rings. The van der Waals surface area contributed by atoms with E-state index in [2.05, 4.69) is 40.6 Å². The van der Waals surface area contributed by atoms with Crippen molar-refractivity contribution in [3.05, 3.63) is 60.7 Å². The average molecular weight is 349 g/mol. The highest BCUT2D eigenvalue weighted by Gasteiger charge is 2.33. The summed E-state index contributed by atoms with van der Waals surface area (Å²) in [6.45, 7) is 5.56. The lowest BCUT2D eigenvalue weighted by Crippen LogP contribution is -2.32. The van der Waals surface area contributed by atoms with Crippen LogP contribution in [0.1, 0.15) is 31.9 Å². The van der Waals surface area contributed by atoms with Crippen molar-refractivity contribution in [1.82, 2.24) is 24.2 Å². The summed E-state index contributed by atoms with van der Waals surface area (Å²) in [5, 5.41) is 4.31. The third-order valence-electron chi connectivity index (χ3n) is 4.97. The second-order valence-electron chi connectivity index (χ2n) is 7.02. The minimum atomic E-state index is 0.125. The van der Waals surface area contributed by atoms with Gasteiger partial charge in [-0.2, -0.15) is 5.10 Å². The molecule has 0 N–H and O–H groups in total. The Morgan fingerprint density at radius 2 is 2.00 bits per heavy atom. The minimum absolute atomic E-state index is 0.125. The summed E-state index contributed by atoms with van der Waals surface area (Å²) in [6.07, 6.45) is 8.08. The SMILES string of the molecule is CC(C)N1CC(n2ccnc2-c2ccccc2Cn2cccn2)CC1=O. The first-order chi connectivity index (χ1) is 12.6. The van der Waals surface area contributed by atoms with Crippen LogP contribution >= 0.6 is 0 Å². The van der Waals surface area contributed by atoms with E-state index in [-0.39, 0.29) is 18.0 Å². The number of benzene rings is 1. The highest BCUT2D eigenvalue weighted by atomic mass is 16.2. The molecule has 26 heavy (non-hydrogen) atoms. The van der Waals surface area contributed by atoms with Gasteiger partial charge in [-0.3, -0.25) is 9.48 Å². The van der Waals surface area contributed by atoms with Crippen LogP contribution in [0.3, 0.4) is 0 Å². The maximum atomic E-state index is 12.3. The van der Waals surface area contributed by atoms with E-state index >= 15 is 0 Å².